The van der Waals surface area contributed by atoms with Crippen molar-refractivity contribution in [3.63, 3.8) is 0 Å². The maximum absolute atomic E-state index is 13.2. The molecule has 0 aliphatic rings. The van der Waals surface area contributed by atoms with E-state index in [1.807, 2.05) is 26.0 Å². The van der Waals surface area contributed by atoms with Crippen molar-refractivity contribution in [3.05, 3.63) is 90.0 Å². The fourth-order valence-corrected chi connectivity index (χ4v) is 4.12. The Kier molecular flexibility index (Phi) is 5.80. The van der Waals surface area contributed by atoms with E-state index in [2.05, 4.69) is 0 Å². The second kappa shape index (κ2) is 8.27. The number of nitrogens with zero attached hydrogens (tertiary/aromatic N) is 1. The highest BCUT2D eigenvalue weighted by Gasteiger charge is 2.31. The lowest BCUT2D eigenvalue weighted by Crippen LogP contribution is -2.40. The van der Waals surface area contributed by atoms with Crippen LogP contribution < -0.4 is 9.04 Å². The second-order valence-corrected chi connectivity index (χ2v) is 8.20. The molecule has 144 valence electrons. The van der Waals surface area contributed by atoms with Gasteiger partial charge in [0.05, 0.1) is 10.6 Å². The first-order valence-corrected chi connectivity index (χ1v) is 10.2. The van der Waals surface area contributed by atoms with Gasteiger partial charge in [-0.05, 0) is 55.8 Å². The Balaban J connectivity index is 1.93. The first-order valence-electron chi connectivity index (χ1n) is 8.77. The van der Waals surface area contributed by atoms with E-state index in [-0.39, 0.29) is 10.6 Å². The van der Waals surface area contributed by atoms with Crippen LogP contribution in [-0.2, 0) is 14.8 Å². The highest BCUT2D eigenvalue weighted by atomic mass is 32.2. The van der Waals surface area contributed by atoms with Crippen molar-refractivity contribution in [1.29, 1.82) is 0 Å². The number of rotatable bonds is 6. The fraction of sp³-hybridized carbons (Fsp3) is 0.136. The molecule has 0 heterocycles. The van der Waals surface area contributed by atoms with E-state index >= 15 is 0 Å². The Hall–Kier alpha value is -3.12. The van der Waals surface area contributed by atoms with Gasteiger partial charge in [-0.3, -0.25) is 4.79 Å². The van der Waals surface area contributed by atoms with Gasteiger partial charge < -0.3 is 4.74 Å². The number of para-hydroxylation sites is 1. The van der Waals surface area contributed by atoms with Gasteiger partial charge in [0, 0.05) is 0 Å². The summed E-state index contributed by atoms with van der Waals surface area (Å²) in [6.07, 6.45) is 0. The minimum Gasteiger partial charge on any atom is -0.484 e. The number of benzene rings is 3. The number of ether oxygens (including phenoxy) is 1. The van der Waals surface area contributed by atoms with Crippen LogP contribution in [0.5, 0.6) is 5.75 Å². The topological polar surface area (TPSA) is 63.7 Å². The van der Waals surface area contributed by atoms with Gasteiger partial charge in [-0.2, -0.15) is 4.31 Å². The molecule has 0 N–H and O–H groups in total. The van der Waals surface area contributed by atoms with Crippen molar-refractivity contribution >= 4 is 21.6 Å². The summed E-state index contributed by atoms with van der Waals surface area (Å²) in [6.45, 7) is 3.38. The summed E-state index contributed by atoms with van der Waals surface area (Å²) >= 11 is 0. The average molecular weight is 395 g/mol. The number of hydrogen-bond donors (Lipinski definition) is 0. The van der Waals surface area contributed by atoms with E-state index in [0.717, 1.165) is 15.4 Å². The van der Waals surface area contributed by atoms with Crippen LogP contribution in [0, 0.1) is 13.8 Å². The molecule has 0 saturated carbocycles. The minimum atomic E-state index is -4.08. The SMILES string of the molecule is Cc1ccc(S(=O)(=O)N(C(=O)COc2cccc(C)c2)c2ccccc2)cc1. The van der Waals surface area contributed by atoms with Crippen molar-refractivity contribution in [2.45, 2.75) is 18.7 Å². The first kappa shape index (κ1) is 19.6. The summed E-state index contributed by atoms with van der Waals surface area (Å²) < 4.78 is 32.7. The normalized spacial score (nSPS) is 11.1. The monoisotopic (exact) mass is 395 g/mol. The molecule has 3 rings (SSSR count). The Bertz CT molecular complexity index is 1060. The smallest absolute Gasteiger partial charge is 0.278 e. The molecule has 5 nitrogen and oxygen atoms in total. The molecular weight excluding hydrogens is 374 g/mol. The van der Waals surface area contributed by atoms with Gasteiger partial charge in [0.2, 0.25) is 0 Å². The summed E-state index contributed by atoms with van der Waals surface area (Å²) in [7, 11) is -4.08. The Morgan fingerprint density at radius 1 is 0.857 bits per heavy atom. The largest absolute Gasteiger partial charge is 0.484 e. The lowest BCUT2D eigenvalue weighted by molar-refractivity contribution is -0.119. The molecule has 0 fully saturated rings. The molecular formula is C22H21NO4S. The summed E-state index contributed by atoms with van der Waals surface area (Å²) in [5, 5.41) is 0. The third kappa shape index (κ3) is 4.40. The standard InChI is InChI=1S/C22H21NO4S/c1-17-11-13-21(14-12-17)28(25,26)23(19-8-4-3-5-9-19)22(24)16-27-20-10-6-7-18(2)15-20/h3-15H,16H2,1-2H3. The van der Waals surface area contributed by atoms with Gasteiger partial charge >= 0.3 is 0 Å². The molecule has 0 radical (unpaired) electrons. The molecule has 0 aliphatic heterocycles. The molecule has 0 spiro atoms. The Morgan fingerprint density at radius 3 is 2.18 bits per heavy atom. The zero-order valence-electron chi connectivity index (χ0n) is 15.7. The van der Waals surface area contributed by atoms with E-state index in [9.17, 15) is 13.2 Å². The molecule has 1 amide bonds. The van der Waals surface area contributed by atoms with E-state index in [0.29, 0.717) is 5.75 Å². The van der Waals surface area contributed by atoms with Crippen LogP contribution >= 0.6 is 0 Å². The van der Waals surface area contributed by atoms with Crippen LogP contribution in [0.1, 0.15) is 11.1 Å². The molecule has 0 unspecified atom stereocenters. The Labute approximate surface area is 165 Å². The van der Waals surface area contributed by atoms with Crippen LogP contribution in [0.2, 0.25) is 0 Å². The number of anilines is 1. The van der Waals surface area contributed by atoms with Gasteiger partial charge in [0.15, 0.2) is 6.61 Å². The van der Waals surface area contributed by atoms with Crippen LogP contribution in [0.4, 0.5) is 5.69 Å². The zero-order valence-corrected chi connectivity index (χ0v) is 16.5. The van der Waals surface area contributed by atoms with Gasteiger partial charge in [-0.1, -0.05) is 48.0 Å². The number of hydrogen-bond acceptors (Lipinski definition) is 4. The number of amides is 1. The predicted molar refractivity (Wildman–Crippen MR) is 109 cm³/mol. The third-order valence-corrected chi connectivity index (χ3v) is 5.89. The maximum Gasteiger partial charge on any atom is 0.278 e. The van der Waals surface area contributed by atoms with Crippen molar-refractivity contribution in [2.24, 2.45) is 0 Å². The highest BCUT2D eigenvalue weighted by molar-refractivity contribution is 7.93. The molecule has 28 heavy (non-hydrogen) atoms. The van der Waals surface area contributed by atoms with Crippen LogP contribution in [0.3, 0.4) is 0 Å². The summed E-state index contributed by atoms with van der Waals surface area (Å²) in [5.74, 6) is -0.164. The van der Waals surface area contributed by atoms with Crippen molar-refractivity contribution in [2.75, 3.05) is 10.9 Å². The lowest BCUT2D eigenvalue weighted by atomic mass is 10.2. The highest BCUT2D eigenvalue weighted by Crippen LogP contribution is 2.24. The minimum absolute atomic E-state index is 0.0471. The molecule has 0 saturated heterocycles. The van der Waals surface area contributed by atoms with Crippen molar-refractivity contribution in [1.82, 2.24) is 0 Å². The van der Waals surface area contributed by atoms with Crippen LogP contribution in [-0.4, -0.2) is 20.9 Å². The van der Waals surface area contributed by atoms with Gasteiger partial charge in [0.25, 0.3) is 15.9 Å². The summed E-state index contributed by atoms with van der Waals surface area (Å²) in [5.41, 5.74) is 2.18. The molecule has 0 aliphatic carbocycles. The first-order chi connectivity index (χ1) is 13.4. The summed E-state index contributed by atoms with van der Waals surface area (Å²) in [4.78, 5) is 13.0. The molecule has 0 bridgehead atoms. The number of carbonyl (C=O) groups excluding carboxylic acids is 1. The van der Waals surface area contributed by atoms with E-state index < -0.39 is 22.5 Å². The lowest BCUT2D eigenvalue weighted by Gasteiger charge is -2.23. The molecule has 3 aromatic rings. The van der Waals surface area contributed by atoms with E-state index in [4.69, 9.17) is 4.74 Å². The molecule has 0 atom stereocenters. The van der Waals surface area contributed by atoms with E-state index in [1.54, 1.807) is 54.6 Å². The quantitative estimate of drug-likeness (QED) is 0.630. The van der Waals surface area contributed by atoms with Crippen LogP contribution in [0.25, 0.3) is 0 Å². The maximum atomic E-state index is 13.2. The van der Waals surface area contributed by atoms with Gasteiger partial charge in [0.1, 0.15) is 5.75 Å². The molecule has 0 aromatic heterocycles. The van der Waals surface area contributed by atoms with Gasteiger partial charge in [-0.15, -0.1) is 0 Å². The van der Waals surface area contributed by atoms with Crippen molar-refractivity contribution in [3.8, 4) is 5.75 Å². The van der Waals surface area contributed by atoms with Gasteiger partial charge in [-0.25, -0.2) is 8.42 Å². The van der Waals surface area contributed by atoms with E-state index in [1.165, 1.54) is 12.1 Å². The zero-order chi connectivity index (χ0) is 20.1. The molecule has 6 heteroatoms. The number of aryl methyl sites for hydroxylation is 2. The average Bonchev–Trinajstić information content (AvgIpc) is 2.67. The fourth-order valence-electron chi connectivity index (χ4n) is 2.70. The number of sulfonamides is 1. The third-order valence-electron chi connectivity index (χ3n) is 4.13. The predicted octanol–water partition coefficient (Wildman–Crippen LogP) is 4.10. The van der Waals surface area contributed by atoms with Crippen LogP contribution in [0.15, 0.2) is 83.8 Å². The Morgan fingerprint density at radius 2 is 1.54 bits per heavy atom. The van der Waals surface area contributed by atoms with Crippen molar-refractivity contribution < 1.29 is 17.9 Å². The number of carbonyl (C=O) groups is 1. The second-order valence-electron chi connectivity index (χ2n) is 6.42. The summed E-state index contributed by atoms with van der Waals surface area (Å²) in [6, 6.07) is 21.9. The molecule has 3 aromatic carbocycles.